The van der Waals surface area contributed by atoms with Crippen LogP contribution in [0.3, 0.4) is 0 Å². The molecule has 1 aliphatic carbocycles. The van der Waals surface area contributed by atoms with Crippen molar-refractivity contribution < 1.29 is 14.6 Å². The molecule has 7 nitrogen and oxygen atoms in total. The molecular weight excluding hydrogens is 296 g/mol. The molecule has 2 aliphatic heterocycles. The summed E-state index contributed by atoms with van der Waals surface area (Å²) in [6.07, 6.45) is 6.48. The molecule has 1 saturated heterocycles. The van der Waals surface area contributed by atoms with Crippen LogP contribution in [0, 0.1) is 0 Å². The Morgan fingerprint density at radius 3 is 2.83 bits per heavy atom. The summed E-state index contributed by atoms with van der Waals surface area (Å²) in [5.74, 6) is 0. The predicted molar refractivity (Wildman–Crippen MR) is 87.0 cm³/mol. The molecular formula is C16H26N4O3. The Morgan fingerprint density at radius 2 is 2.17 bits per heavy atom. The van der Waals surface area contributed by atoms with E-state index < -0.39 is 11.3 Å². The summed E-state index contributed by atoms with van der Waals surface area (Å²) in [4.78, 5) is 20.4. The van der Waals surface area contributed by atoms with Gasteiger partial charge in [0.2, 0.25) is 0 Å². The lowest BCUT2D eigenvalue weighted by Gasteiger charge is -2.42. The molecule has 0 spiro atoms. The zero-order valence-corrected chi connectivity index (χ0v) is 14.0. The molecule has 128 valence electrons. The smallest absolute Gasteiger partial charge is 0.410 e. The highest BCUT2D eigenvalue weighted by atomic mass is 16.6. The van der Waals surface area contributed by atoms with Crippen LogP contribution < -0.4 is 5.32 Å². The second-order valence-electron chi connectivity index (χ2n) is 7.43. The highest BCUT2D eigenvalue weighted by Gasteiger charge is 2.50. The molecule has 1 amide bonds. The van der Waals surface area contributed by atoms with Gasteiger partial charge in [0.15, 0.2) is 0 Å². The van der Waals surface area contributed by atoms with Crippen molar-refractivity contribution >= 4 is 12.3 Å². The summed E-state index contributed by atoms with van der Waals surface area (Å²) in [6, 6.07) is -0.0397. The number of nitrogens with zero attached hydrogens (tertiary/aromatic N) is 3. The second-order valence-corrected chi connectivity index (χ2v) is 7.43. The number of aliphatic hydroxyl groups is 1. The molecule has 0 bridgehead atoms. The first-order chi connectivity index (χ1) is 10.8. The third-order valence-corrected chi connectivity index (χ3v) is 4.25. The minimum Gasteiger partial charge on any atom is -0.444 e. The fraction of sp³-hybridized carbons (Fsp3) is 0.750. The average molecular weight is 322 g/mol. The van der Waals surface area contributed by atoms with E-state index in [0.717, 1.165) is 12.8 Å². The van der Waals surface area contributed by atoms with Crippen LogP contribution in [-0.4, -0.2) is 70.4 Å². The lowest BCUT2D eigenvalue weighted by Crippen LogP contribution is -2.61. The van der Waals surface area contributed by atoms with Gasteiger partial charge in [-0.1, -0.05) is 0 Å². The van der Waals surface area contributed by atoms with Crippen molar-refractivity contribution in [1.29, 1.82) is 0 Å². The summed E-state index contributed by atoms with van der Waals surface area (Å²) >= 11 is 0. The van der Waals surface area contributed by atoms with Crippen LogP contribution in [0.25, 0.3) is 0 Å². The number of ether oxygens (including phenoxy) is 1. The zero-order chi connectivity index (χ0) is 16.7. The van der Waals surface area contributed by atoms with E-state index in [9.17, 15) is 9.90 Å². The minimum absolute atomic E-state index is 0.0397. The summed E-state index contributed by atoms with van der Waals surface area (Å²) in [5.41, 5.74) is -1.28. The first-order valence-corrected chi connectivity index (χ1v) is 8.21. The van der Waals surface area contributed by atoms with Gasteiger partial charge in [0.25, 0.3) is 0 Å². The number of piperazine rings is 1. The van der Waals surface area contributed by atoms with Gasteiger partial charge in [-0.3, -0.25) is 4.99 Å². The highest BCUT2D eigenvalue weighted by molar-refractivity contribution is 5.72. The maximum atomic E-state index is 12.3. The molecule has 3 aliphatic rings. The Bertz CT molecular complexity index is 522. The van der Waals surface area contributed by atoms with Gasteiger partial charge in [-0.25, -0.2) is 4.79 Å². The number of carbonyl (C=O) groups excluding carboxylic acids is 1. The van der Waals surface area contributed by atoms with Crippen LogP contribution in [0.2, 0.25) is 0 Å². The number of hydrogen-bond donors (Lipinski definition) is 2. The molecule has 2 heterocycles. The fourth-order valence-corrected chi connectivity index (χ4v) is 2.95. The van der Waals surface area contributed by atoms with Gasteiger partial charge in [0, 0.05) is 32.0 Å². The van der Waals surface area contributed by atoms with Gasteiger partial charge < -0.3 is 25.0 Å². The van der Waals surface area contributed by atoms with Crippen molar-refractivity contribution in [2.45, 2.75) is 57.1 Å². The van der Waals surface area contributed by atoms with Crippen molar-refractivity contribution in [3.63, 3.8) is 0 Å². The van der Waals surface area contributed by atoms with Gasteiger partial charge in [-0.2, -0.15) is 0 Å². The summed E-state index contributed by atoms with van der Waals surface area (Å²) in [6.45, 7) is 7.41. The first-order valence-electron chi connectivity index (χ1n) is 8.21. The average Bonchev–Trinajstić information content (AvgIpc) is 3.25. The van der Waals surface area contributed by atoms with Crippen molar-refractivity contribution in [1.82, 2.24) is 15.1 Å². The van der Waals surface area contributed by atoms with Crippen LogP contribution >= 0.6 is 0 Å². The highest BCUT2D eigenvalue weighted by Crippen LogP contribution is 2.41. The molecule has 2 unspecified atom stereocenters. The number of allylic oxidation sites excluding steroid dienone is 1. The van der Waals surface area contributed by atoms with Crippen LogP contribution in [0.5, 0.6) is 0 Å². The van der Waals surface area contributed by atoms with Crippen LogP contribution in [0.15, 0.2) is 17.3 Å². The largest absolute Gasteiger partial charge is 0.444 e. The van der Waals surface area contributed by atoms with E-state index in [4.69, 9.17) is 4.74 Å². The Balaban J connectivity index is 1.67. The van der Waals surface area contributed by atoms with Crippen molar-refractivity contribution in [3.05, 3.63) is 12.3 Å². The standard InChI is InChI=1S/C16H26N4O3/c1-15(2,3)23-14(21)19-10-8-17-12(11-19)13-18-7-4-9-20(13)16(22)5-6-16/h4,7,9,12-13,17,22H,5-6,8,10-11H2,1-3H3. The Labute approximate surface area is 137 Å². The topological polar surface area (TPSA) is 77.4 Å². The molecule has 0 aromatic rings. The van der Waals surface area contributed by atoms with E-state index in [-0.39, 0.29) is 18.3 Å². The molecule has 23 heavy (non-hydrogen) atoms. The van der Waals surface area contributed by atoms with Crippen LogP contribution in [-0.2, 0) is 4.74 Å². The summed E-state index contributed by atoms with van der Waals surface area (Å²) in [5, 5.41) is 13.9. The molecule has 0 radical (unpaired) electrons. The number of carbonyl (C=O) groups is 1. The Hall–Kier alpha value is -1.60. The third kappa shape index (κ3) is 3.67. The lowest BCUT2D eigenvalue weighted by atomic mass is 10.1. The summed E-state index contributed by atoms with van der Waals surface area (Å²) < 4.78 is 5.46. The van der Waals surface area contributed by atoms with Crippen molar-refractivity contribution in [2.75, 3.05) is 19.6 Å². The van der Waals surface area contributed by atoms with Crippen molar-refractivity contribution in [3.8, 4) is 0 Å². The molecule has 7 heteroatoms. The Kier molecular flexibility index (Phi) is 4.10. The number of rotatable bonds is 2. The normalized spacial score (nSPS) is 29.6. The monoisotopic (exact) mass is 322 g/mol. The molecule has 0 aromatic carbocycles. The SMILES string of the molecule is CC(C)(C)OC(=O)N1CCNC(C2N=CC=CN2C2(O)CC2)C1. The number of aliphatic imine (C=N–C) groups is 1. The first kappa shape index (κ1) is 16.3. The zero-order valence-electron chi connectivity index (χ0n) is 14.0. The number of hydrogen-bond acceptors (Lipinski definition) is 6. The molecule has 1 saturated carbocycles. The van der Waals surface area contributed by atoms with Crippen molar-refractivity contribution in [2.24, 2.45) is 4.99 Å². The van der Waals surface area contributed by atoms with E-state index in [1.807, 2.05) is 37.9 Å². The number of nitrogens with one attached hydrogen (secondary N) is 1. The van der Waals surface area contributed by atoms with E-state index in [0.29, 0.717) is 19.6 Å². The quantitative estimate of drug-likeness (QED) is 0.790. The van der Waals surface area contributed by atoms with Gasteiger partial charge in [0.1, 0.15) is 17.5 Å². The molecule has 3 rings (SSSR count). The maximum Gasteiger partial charge on any atom is 0.410 e. The molecule has 0 aromatic heterocycles. The molecule has 2 fully saturated rings. The maximum absolute atomic E-state index is 12.3. The Morgan fingerprint density at radius 1 is 1.43 bits per heavy atom. The van der Waals surface area contributed by atoms with Gasteiger partial charge in [0.05, 0.1) is 6.04 Å². The van der Waals surface area contributed by atoms with E-state index in [2.05, 4.69) is 10.3 Å². The van der Waals surface area contributed by atoms with E-state index >= 15 is 0 Å². The fourth-order valence-electron chi connectivity index (χ4n) is 2.95. The van der Waals surface area contributed by atoms with E-state index in [1.165, 1.54) is 0 Å². The molecule has 2 atom stereocenters. The minimum atomic E-state index is -0.783. The van der Waals surface area contributed by atoms with E-state index in [1.54, 1.807) is 11.1 Å². The van der Waals surface area contributed by atoms with Gasteiger partial charge >= 0.3 is 6.09 Å². The van der Waals surface area contributed by atoms with Gasteiger partial charge in [-0.15, -0.1) is 0 Å². The molecule has 2 N–H and O–H groups in total. The summed E-state index contributed by atoms with van der Waals surface area (Å²) in [7, 11) is 0. The predicted octanol–water partition coefficient (Wildman–Crippen LogP) is 0.904. The lowest BCUT2D eigenvalue weighted by molar-refractivity contribution is -0.0308. The van der Waals surface area contributed by atoms with Crippen LogP contribution in [0.1, 0.15) is 33.6 Å². The van der Waals surface area contributed by atoms with Gasteiger partial charge in [-0.05, 0) is 39.7 Å². The second kappa shape index (κ2) is 5.79. The third-order valence-electron chi connectivity index (χ3n) is 4.25. The number of amides is 1. The van der Waals surface area contributed by atoms with Crippen LogP contribution in [0.4, 0.5) is 4.79 Å².